The largest absolute Gasteiger partial charge is 0.455 e. The van der Waals surface area contributed by atoms with Crippen molar-refractivity contribution < 1.29 is 4.42 Å². The molecule has 0 unspecified atom stereocenters. The second-order valence-electron chi connectivity index (χ2n) is 38.1. The predicted octanol–water partition coefficient (Wildman–Crippen LogP) is 36.6. The fourth-order valence-corrected chi connectivity index (χ4v) is 23.3. The van der Waals surface area contributed by atoms with Crippen molar-refractivity contribution in [1.29, 1.82) is 0 Å². The Morgan fingerprint density at radius 2 is 0.401 bits per heavy atom. The Morgan fingerprint density at radius 1 is 0.150 bits per heavy atom. The van der Waals surface area contributed by atoms with E-state index < -0.39 is 0 Å². The lowest BCUT2D eigenvalue weighted by Gasteiger charge is -2.12. The highest BCUT2D eigenvalue weighted by Crippen LogP contribution is 2.49. The van der Waals surface area contributed by atoms with Crippen molar-refractivity contribution in [2.45, 2.75) is 0 Å². The molecule has 0 N–H and O–H groups in total. The molecule has 0 aliphatic carbocycles. The maximum atomic E-state index is 6.53. The van der Waals surface area contributed by atoms with Crippen LogP contribution in [0, 0.1) is 0 Å². The molecule has 31 aromatic rings. The minimum Gasteiger partial charge on any atom is -0.455 e. The maximum absolute atomic E-state index is 6.53. The van der Waals surface area contributed by atoms with Gasteiger partial charge >= 0.3 is 0 Å². The summed E-state index contributed by atoms with van der Waals surface area (Å²) in [5.74, 6) is 0.654. The van der Waals surface area contributed by atoms with Gasteiger partial charge in [-0.15, -0.1) is 0 Å². The van der Waals surface area contributed by atoms with Crippen LogP contribution in [0.2, 0.25) is 0 Å². The van der Waals surface area contributed by atoms with Crippen LogP contribution in [0.15, 0.2) is 538 Å². The van der Waals surface area contributed by atoms with Crippen LogP contribution in [0.25, 0.3) is 276 Å². The standard InChI is InChI=1S/C54H35N3.C48H32N2.C36H21N3O/c1-4-14-40(15-5-1)55-49-22-12-10-20-43(49)45-32-36(24-28-51(45)55)38-26-30-53-47(34-38)48-35-39(27-31-54(48)57(53)42-18-8-3-9-19-42)37-25-29-52-46(33-37)44-21-11-13-23-50(44)56(52)41-16-6-2-7-17-41;1-3-11-33(12-4-1)35-19-25-39(26-20-35)49-45-17-9-7-15-41(45)43-31-37(23-29-47(43)49)38-24-30-48-44(32-38)42-16-8-10-18-46(42)50(48)40-27-21-36(22-28-40)34-13-5-2-6-14-34;1-2-12-22(13-3-1)33-25-16-6-9-19-28(25)37-36(38-33)39-29-20-10-7-17-26(29)31-32-27-18-8-11-21-30(27)40-35(32)24-15-5-4-14-23(24)34(31)39/h1-35H;1-32H;1-21H. The third-order valence-corrected chi connectivity index (χ3v) is 29.9. The number of hydrogen-bond acceptors (Lipinski definition) is 3. The normalized spacial score (nSPS) is 11.8. The molecule has 9 nitrogen and oxygen atoms in total. The fraction of sp³-hybridized carbons (Fsp3) is 0. The Bertz CT molecular complexity index is 10300. The van der Waals surface area contributed by atoms with E-state index in [4.69, 9.17) is 14.4 Å². The number of rotatable bonds is 12. The highest BCUT2D eigenvalue weighted by atomic mass is 16.3. The number of fused-ring (bicyclic) bond motifs is 26. The molecule has 686 valence electrons. The first-order chi connectivity index (χ1) is 72.9. The summed E-state index contributed by atoms with van der Waals surface area (Å²) in [5.41, 5.74) is 36.9. The van der Waals surface area contributed by atoms with Gasteiger partial charge < -0.3 is 27.3 Å². The predicted molar refractivity (Wildman–Crippen MR) is 616 cm³/mol. The minimum absolute atomic E-state index is 0.654. The molecule has 0 bridgehead atoms. The lowest BCUT2D eigenvalue weighted by Crippen LogP contribution is -2.03. The van der Waals surface area contributed by atoms with Gasteiger partial charge in [-0.05, 0) is 232 Å². The molecule has 0 saturated carbocycles. The maximum Gasteiger partial charge on any atom is 0.235 e. The lowest BCUT2D eigenvalue weighted by atomic mass is 9.98. The minimum atomic E-state index is 0.654. The molecular weight excluding hydrogens is 1790 g/mol. The second kappa shape index (κ2) is 34.6. The number of benzene rings is 23. The molecule has 0 spiro atoms. The lowest BCUT2D eigenvalue weighted by molar-refractivity contribution is 0.673. The first kappa shape index (κ1) is 84.2. The van der Waals surface area contributed by atoms with Gasteiger partial charge in [0.15, 0.2) is 0 Å². The van der Waals surface area contributed by atoms with E-state index in [2.05, 4.69) is 531 Å². The van der Waals surface area contributed by atoms with E-state index in [1.807, 2.05) is 30.3 Å². The molecule has 0 amide bonds. The number of para-hydroxylation sites is 10. The van der Waals surface area contributed by atoms with Crippen molar-refractivity contribution in [1.82, 2.24) is 37.4 Å². The van der Waals surface area contributed by atoms with Crippen LogP contribution >= 0.6 is 0 Å². The molecule has 0 aliphatic rings. The van der Waals surface area contributed by atoms with Crippen molar-refractivity contribution in [3.63, 3.8) is 0 Å². The zero-order chi connectivity index (χ0) is 96.7. The molecule has 0 saturated heterocycles. The summed E-state index contributed by atoms with van der Waals surface area (Å²) in [6.45, 7) is 0. The third-order valence-electron chi connectivity index (χ3n) is 29.9. The van der Waals surface area contributed by atoms with E-state index in [1.54, 1.807) is 0 Å². The number of aromatic nitrogens is 8. The molecule has 9 heteroatoms. The van der Waals surface area contributed by atoms with E-state index in [9.17, 15) is 0 Å². The zero-order valence-electron chi connectivity index (χ0n) is 79.8. The van der Waals surface area contributed by atoms with Crippen LogP contribution in [0.3, 0.4) is 0 Å². The summed E-state index contributed by atoms with van der Waals surface area (Å²) in [7, 11) is 0. The average molecular weight is 1870 g/mol. The molecule has 0 atom stereocenters. The molecule has 0 aliphatic heterocycles. The van der Waals surface area contributed by atoms with Gasteiger partial charge in [0.1, 0.15) is 11.2 Å². The Morgan fingerprint density at radius 3 is 0.769 bits per heavy atom. The molecule has 8 heterocycles. The van der Waals surface area contributed by atoms with E-state index in [0.29, 0.717) is 5.95 Å². The van der Waals surface area contributed by atoms with Crippen LogP contribution < -0.4 is 0 Å². The zero-order valence-corrected chi connectivity index (χ0v) is 79.8. The number of nitrogens with zero attached hydrogens (tertiary/aromatic N) is 8. The first-order valence-corrected chi connectivity index (χ1v) is 50.2. The molecule has 147 heavy (non-hydrogen) atoms. The molecular formula is C138H88N8O. The summed E-state index contributed by atoms with van der Waals surface area (Å²) in [6, 6.07) is 192. The summed E-state index contributed by atoms with van der Waals surface area (Å²) in [6.07, 6.45) is 0. The molecule has 0 fully saturated rings. The Kier molecular flexibility index (Phi) is 19.8. The van der Waals surface area contributed by atoms with Crippen molar-refractivity contribution in [3.05, 3.63) is 534 Å². The highest BCUT2D eigenvalue weighted by Gasteiger charge is 2.28. The molecule has 23 aromatic carbocycles. The highest BCUT2D eigenvalue weighted by molar-refractivity contribution is 6.36. The van der Waals surface area contributed by atoms with Gasteiger partial charge in [0, 0.05) is 126 Å². The third kappa shape index (κ3) is 13.9. The first-order valence-electron chi connectivity index (χ1n) is 50.2. The van der Waals surface area contributed by atoms with Crippen molar-refractivity contribution in [3.8, 4) is 101 Å². The van der Waals surface area contributed by atoms with Crippen LogP contribution in [0.5, 0.6) is 0 Å². The SMILES string of the molecule is c1ccc(-c2ccc(-n3c4ccccc4c4cc(-c5ccc6c(c5)c5ccccc5n6-c5ccc(-c6ccccc6)cc5)ccc43)cc2)cc1.c1ccc(-c2nc(-n3c4ccccc4c4c5c6ccccc6oc5c5ccccc5c43)nc3ccccc23)cc1.c1ccc(-n2c3ccccc3c3cc(-c4ccc5c(c4)c4cc(-c6ccc7c(c6)c6ccccc6n7-c6ccccc6)ccc4n5-c4ccccc4)ccc32)cc1. The van der Waals surface area contributed by atoms with Crippen LogP contribution in [-0.4, -0.2) is 37.4 Å². The van der Waals surface area contributed by atoms with Crippen LogP contribution in [-0.2, 0) is 0 Å². The van der Waals surface area contributed by atoms with Crippen LogP contribution in [0.1, 0.15) is 0 Å². The van der Waals surface area contributed by atoms with E-state index in [-0.39, 0.29) is 0 Å². The number of furan rings is 1. The van der Waals surface area contributed by atoms with Gasteiger partial charge in [0.25, 0.3) is 0 Å². The Labute approximate surface area is 845 Å². The second-order valence-corrected chi connectivity index (χ2v) is 38.1. The molecule has 31 rings (SSSR count). The molecule has 8 aromatic heterocycles. The monoisotopic (exact) mass is 1870 g/mol. The summed E-state index contributed by atoms with van der Waals surface area (Å²) >= 11 is 0. The summed E-state index contributed by atoms with van der Waals surface area (Å²) in [5, 5.41) is 20.3. The summed E-state index contributed by atoms with van der Waals surface area (Å²) < 4.78 is 20.7. The van der Waals surface area contributed by atoms with E-state index >= 15 is 0 Å². The Hall–Kier alpha value is -19.7. The van der Waals surface area contributed by atoms with Crippen molar-refractivity contribution in [2.75, 3.05) is 0 Å². The Balaban J connectivity index is 0.000000106. The smallest absolute Gasteiger partial charge is 0.235 e. The fourth-order valence-electron chi connectivity index (χ4n) is 23.3. The number of hydrogen-bond donors (Lipinski definition) is 0. The van der Waals surface area contributed by atoms with Crippen molar-refractivity contribution >= 4 is 174 Å². The van der Waals surface area contributed by atoms with Gasteiger partial charge in [0.2, 0.25) is 5.95 Å². The quantitative estimate of drug-likeness (QED) is 0.122. The van der Waals surface area contributed by atoms with Gasteiger partial charge in [-0.25, -0.2) is 9.97 Å². The molecule has 0 radical (unpaired) electrons. The van der Waals surface area contributed by atoms with E-state index in [0.717, 1.165) is 93.7 Å². The average Bonchev–Trinajstić information content (AvgIpc) is 1.53. The summed E-state index contributed by atoms with van der Waals surface area (Å²) in [4.78, 5) is 10.4. The van der Waals surface area contributed by atoms with Crippen LogP contribution in [0.4, 0.5) is 0 Å². The topological polar surface area (TPSA) is 68.5 Å². The van der Waals surface area contributed by atoms with Crippen molar-refractivity contribution in [2.24, 2.45) is 0 Å². The van der Waals surface area contributed by atoms with Gasteiger partial charge in [0.05, 0.1) is 77.4 Å². The van der Waals surface area contributed by atoms with Gasteiger partial charge in [-0.3, -0.25) is 4.57 Å². The van der Waals surface area contributed by atoms with Gasteiger partial charge in [-0.2, -0.15) is 0 Å². The van der Waals surface area contributed by atoms with Gasteiger partial charge in [-0.1, -0.05) is 358 Å². The van der Waals surface area contributed by atoms with E-state index in [1.165, 1.54) is 176 Å².